The minimum absolute atomic E-state index is 0.285. The van der Waals surface area contributed by atoms with Crippen LogP contribution in [-0.4, -0.2) is 55.1 Å². The number of nitrogens with zero attached hydrogens (tertiary/aromatic N) is 2. The van der Waals surface area contributed by atoms with E-state index in [0.29, 0.717) is 37.6 Å². The molecule has 0 aliphatic carbocycles. The Morgan fingerprint density at radius 3 is 2.62 bits per heavy atom. The Morgan fingerprint density at radius 1 is 1.12 bits per heavy atom. The van der Waals surface area contributed by atoms with Gasteiger partial charge >= 0.3 is 0 Å². The van der Waals surface area contributed by atoms with Crippen LogP contribution in [0.25, 0.3) is 0 Å². The van der Waals surface area contributed by atoms with Gasteiger partial charge in [0.15, 0.2) is 11.5 Å². The summed E-state index contributed by atoms with van der Waals surface area (Å²) >= 11 is 0. The molecule has 5 nitrogen and oxygen atoms in total. The van der Waals surface area contributed by atoms with Gasteiger partial charge < -0.3 is 14.4 Å². The normalized spacial score (nSPS) is 29.0. The van der Waals surface area contributed by atoms with Gasteiger partial charge in [-0.2, -0.15) is 0 Å². The second-order valence-electron chi connectivity index (χ2n) is 8.28. The van der Waals surface area contributed by atoms with E-state index in [9.17, 15) is 4.79 Å². The van der Waals surface area contributed by atoms with Crippen molar-refractivity contribution in [2.24, 2.45) is 11.8 Å². The summed E-state index contributed by atoms with van der Waals surface area (Å²) in [6.45, 7) is 9.06. The van der Waals surface area contributed by atoms with Gasteiger partial charge in [-0.15, -0.1) is 0 Å². The summed E-state index contributed by atoms with van der Waals surface area (Å²) in [7, 11) is 0. The number of hydrogen-bond acceptors (Lipinski definition) is 4. The van der Waals surface area contributed by atoms with E-state index in [1.54, 1.807) is 0 Å². The molecule has 0 spiro atoms. The first kappa shape index (κ1) is 17.7. The highest BCUT2D eigenvalue weighted by molar-refractivity contribution is 5.78. The Labute approximate surface area is 156 Å². The van der Waals surface area contributed by atoms with Gasteiger partial charge in [0.25, 0.3) is 0 Å². The number of rotatable bonds is 3. The molecule has 3 unspecified atom stereocenters. The van der Waals surface area contributed by atoms with Crippen molar-refractivity contribution in [1.82, 2.24) is 9.80 Å². The van der Waals surface area contributed by atoms with E-state index < -0.39 is 0 Å². The fourth-order valence-corrected chi connectivity index (χ4v) is 4.80. The summed E-state index contributed by atoms with van der Waals surface area (Å²) in [4.78, 5) is 17.3. The molecule has 3 heterocycles. The first-order valence-electron chi connectivity index (χ1n) is 10.0. The van der Waals surface area contributed by atoms with E-state index in [0.717, 1.165) is 44.0 Å². The number of hydrogen-bond donors (Lipinski definition) is 0. The number of likely N-dealkylation sites (tertiary alicyclic amines) is 2. The van der Waals surface area contributed by atoms with Crippen LogP contribution in [-0.2, 0) is 4.79 Å². The predicted molar refractivity (Wildman–Crippen MR) is 101 cm³/mol. The lowest BCUT2D eigenvalue weighted by Crippen LogP contribution is -2.46. The molecule has 2 saturated heterocycles. The van der Waals surface area contributed by atoms with Gasteiger partial charge in [-0.3, -0.25) is 9.69 Å². The van der Waals surface area contributed by atoms with Crippen molar-refractivity contribution in [3.05, 3.63) is 23.8 Å². The minimum atomic E-state index is 0.285. The summed E-state index contributed by atoms with van der Waals surface area (Å²) in [6, 6.07) is 6.55. The molecular weight excluding hydrogens is 328 g/mol. The van der Waals surface area contributed by atoms with Crippen molar-refractivity contribution < 1.29 is 14.3 Å². The third-order valence-electron chi connectivity index (χ3n) is 5.87. The molecule has 3 aliphatic heterocycles. The summed E-state index contributed by atoms with van der Waals surface area (Å²) in [5.41, 5.74) is 1.24. The highest BCUT2D eigenvalue weighted by Crippen LogP contribution is 2.38. The van der Waals surface area contributed by atoms with Crippen LogP contribution in [0.15, 0.2) is 18.2 Å². The topological polar surface area (TPSA) is 42.0 Å². The summed E-state index contributed by atoms with van der Waals surface area (Å²) in [5, 5.41) is 0. The van der Waals surface area contributed by atoms with Crippen LogP contribution in [0.5, 0.6) is 11.5 Å². The van der Waals surface area contributed by atoms with E-state index in [1.165, 1.54) is 12.0 Å². The van der Waals surface area contributed by atoms with E-state index in [4.69, 9.17) is 9.47 Å². The van der Waals surface area contributed by atoms with Crippen molar-refractivity contribution >= 4 is 5.91 Å². The van der Waals surface area contributed by atoms with Crippen LogP contribution in [0.2, 0.25) is 0 Å². The lowest BCUT2D eigenvalue weighted by Gasteiger charge is -2.36. The van der Waals surface area contributed by atoms with Gasteiger partial charge in [0.05, 0.1) is 6.54 Å². The Hall–Kier alpha value is -1.75. The zero-order valence-electron chi connectivity index (χ0n) is 15.9. The number of benzene rings is 1. The third kappa shape index (κ3) is 3.68. The second-order valence-corrected chi connectivity index (χ2v) is 8.28. The maximum absolute atomic E-state index is 12.9. The molecule has 1 aromatic rings. The molecule has 5 heteroatoms. The lowest BCUT2D eigenvalue weighted by atomic mass is 9.92. The van der Waals surface area contributed by atoms with E-state index in [-0.39, 0.29) is 5.91 Å². The second kappa shape index (κ2) is 7.47. The average molecular weight is 358 g/mol. The Kier molecular flexibility index (Phi) is 5.07. The molecular formula is C21H30N2O3. The van der Waals surface area contributed by atoms with Crippen LogP contribution >= 0.6 is 0 Å². The zero-order valence-corrected chi connectivity index (χ0v) is 15.9. The van der Waals surface area contributed by atoms with Crippen LogP contribution < -0.4 is 9.47 Å². The van der Waals surface area contributed by atoms with Crippen molar-refractivity contribution in [2.45, 2.75) is 39.2 Å². The Balaban J connectivity index is 1.44. The van der Waals surface area contributed by atoms with Gasteiger partial charge in [0, 0.05) is 19.1 Å². The fourth-order valence-electron chi connectivity index (χ4n) is 4.80. The predicted octanol–water partition coefficient (Wildman–Crippen LogP) is 3.10. The standard InChI is InChI=1S/C21H30N2O3/c1-15-10-16(2)13-23(12-15)21(24)14-22-7-3-4-18(22)17-5-6-19-20(11-17)26-9-8-25-19/h5-6,11,15-16,18H,3-4,7-10,12-14H2,1-2H3. The van der Waals surface area contributed by atoms with Crippen LogP contribution in [0, 0.1) is 11.8 Å². The quantitative estimate of drug-likeness (QED) is 0.833. The lowest BCUT2D eigenvalue weighted by molar-refractivity contribution is -0.135. The monoisotopic (exact) mass is 358 g/mol. The minimum Gasteiger partial charge on any atom is -0.486 e. The summed E-state index contributed by atoms with van der Waals surface area (Å²) < 4.78 is 11.4. The molecule has 0 saturated carbocycles. The van der Waals surface area contributed by atoms with Crippen molar-refractivity contribution in [3.63, 3.8) is 0 Å². The summed E-state index contributed by atoms with van der Waals surface area (Å²) in [6.07, 6.45) is 3.46. The van der Waals surface area contributed by atoms with Crippen LogP contribution in [0.1, 0.15) is 44.7 Å². The first-order valence-corrected chi connectivity index (χ1v) is 10.0. The van der Waals surface area contributed by atoms with Crippen molar-refractivity contribution in [1.29, 1.82) is 0 Å². The molecule has 3 atom stereocenters. The van der Waals surface area contributed by atoms with E-state index in [1.807, 2.05) is 6.07 Å². The van der Waals surface area contributed by atoms with Gasteiger partial charge in [0.2, 0.25) is 5.91 Å². The molecule has 3 aliphatic rings. The number of carbonyl (C=O) groups excluding carboxylic acids is 1. The molecule has 1 amide bonds. The molecule has 4 rings (SSSR count). The van der Waals surface area contributed by atoms with E-state index in [2.05, 4.69) is 35.8 Å². The molecule has 1 aromatic carbocycles. The molecule has 0 bridgehead atoms. The van der Waals surface area contributed by atoms with Gasteiger partial charge in [0.1, 0.15) is 13.2 Å². The largest absolute Gasteiger partial charge is 0.486 e. The van der Waals surface area contributed by atoms with Crippen molar-refractivity contribution in [2.75, 3.05) is 39.4 Å². The maximum atomic E-state index is 12.9. The third-order valence-corrected chi connectivity index (χ3v) is 5.87. The zero-order chi connectivity index (χ0) is 18.1. The van der Waals surface area contributed by atoms with Gasteiger partial charge in [-0.1, -0.05) is 19.9 Å². The smallest absolute Gasteiger partial charge is 0.236 e. The summed E-state index contributed by atoms with van der Waals surface area (Å²) in [5.74, 6) is 3.17. The highest BCUT2D eigenvalue weighted by Gasteiger charge is 2.32. The number of ether oxygens (including phenoxy) is 2. The van der Waals surface area contributed by atoms with Crippen LogP contribution in [0.3, 0.4) is 0 Å². The molecule has 0 radical (unpaired) electrons. The molecule has 2 fully saturated rings. The highest BCUT2D eigenvalue weighted by atomic mass is 16.6. The van der Waals surface area contributed by atoms with Crippen LogP contribution in [0.4, 0.5) is 0 Å². The van der Waals surface area contributed by atoms with Crippen molar-refractivity contribution in [3.8, 4) is 11.5 Å². The Bertz CT molecular complexity index is 653. The number of fused-ring (bicyclic) bond motifs is 1. The fraction of sp³-hybridized carbons (Fsp3) is 0.667. The number of carbonyl (C=O) groups is 1. The molecule has 26 heavy (non-hydrogen) atoms. The number of amides is 1. The molecule has 0 N–H and O–H groups in total. The van der Waals surface area contributed by atoms with Gasteiger partial charge in [-0.05, 0) is 55.3 Å². The molecule has 142 valence electrons. The SMILES string of the molecule is CC1CC(C)CN(C(=O)CN2CCCC2c2ccc3c(c2)OCCO3)C1. The van der Waals surface area contributed by atoms with E-state index >= 15 is 0 Å². The maximum Gasteiger partial charge on any atom is 0.236 e. The average Bonchev–Trinajstić information content (AvgIpc) is 3.08. The Morgan fingerprint density at radius 2 is 1.85 bits per heavy atom. The van der Waals surface area contributed by atoms with Gasteiger partial charge in [-0.25, -0.2) is 0 Å². The number of piperidine rings is 1. The first-order chi connectivity index (χ1) is 12.6. The molecule has 0 aromatic heterocycles.